The molecule has 0 fully saturated rings. The summed E-state index contributed by atoms with van der Waals surface area (Å²) in [5, 5.41) is 8.33. The number of carbonyl (C=O) groups excluding carboxylic acids is 1. The number of methoxy groups -OCH3 is 1. The second-order valence-electron chi connectivity index (χ2n) is 3.71. The number of ether oxygens (including phenoxy) is 1. The van der Waals surface area contributed by atoms with E-state index in [2.05, 4.69) is 38.7 Å². The summed E-state index contributed by atoms with van der Waals surface area (Å²) < 4.78 is 4.56. The van der Waals surface area contributed by atoms with Crippen molar-refractivity contribution in [1.82, 2.24) is 10.6 Å². The average Bonchev–Trinajstić information content (AvgIpc) is 2.78. The molecule has 108 valence electrons. The van der Waals surface area contributed by atoms with Gasteiger partial charge in [0.2, 0.25) is 0 Å². The number of hydrogen-bond donors (Lipinski definition) is 2. The lowest BCUT2D eigenvalue weighted by molar-refractivity contribution is -0.140. The first kappa shape index (κ1) is 18.2. The number of aryl methyl sites for hydroxylation is 1. The van der Waals surface area contributed by atoms with Crippen molar-refractivity contribution >= 4 is 47.2 Å². The van der Waals surface area contributed by atoms with Crippen LogP contribution in [-0.2, 0) is 16.1 Å². The first-order valence-corrected chi connectivity index (χ1v) is 6.59. The molecular weight excluding hydrogens is 377 g/mol. The lowest BCUT2D eigenvalue weighted by Gasteiger charge is -2.11. The molecule has 0 aliphatic carbocycles. The van der Waals surface area contributed by atoms with Crippen LogP contribution < -0.4 is 10.6 Å². The van der Waals surface area contributed by atoms with Gasteiger partial charge in [-0.05, 0) is 23.9 Å². The van der Waals surface area contributed by atoms with Crippen LogP contribution in [0, 0.1) is 6.92 Å². The van der Waals surface area contributed by atoms with Crippen LogP contribution in [0.15, 0.2) is 16.4 Å². The molecule has 0 saturated heterocycles. The molecule has 1 rings (SSSR count). The standard InChI is InChI=1S/C12H19N3O2S.HI/c1-9-5-7-18-10(9)8-15-12(13-2)14-6-4-11(16)17-3;/h5,7H,4,6,8H2,1-3H3,(H2,13,14,15);1H. The summed E-state index contributed by atoms with van der Waals surface area (Å²) in [5.74, 6) is 0.457. The molecule has 0 atom stereocenters. The Morgan fingerprint density at radius 3 is 2.74 bits per heavy atom. The predicted molar refractivity (Wildman–Crippen MR) is 89.3 cm³/mol. The third-order valence-electron chi connectivity index (χ3n) is 2.46. The number of guanidine groups is 1. The minimum atomic E-state index is -0.230. The molecule has 0 aliphatic rings. The number of hydrogen-bond acceptors (Lipinski definition) is 4. The normalized spacial score (nSPS) is 10.6. The summed E-state index contributed by atoms with van der Waals surface area (Å²) in [4.78, 5) is 16.3. The molecule has 0 spiro atoms. The van der Waals surface area contributed by atoms with E-state index in [1.165, 1.54) is 17.6 Å². The molecule has 0 radical (unpaired) electrons. The Labute approximate surface area is 134 Å². The second kappa shape index (κ2) is 10.0. The highest BCUT2D eigenvalue weighted by molar-refractivity contribution is 14.0. The van der Waals surface area contributed by atoms with Gasteiger partial charge in [0, 0.05) is 18.5 Å². The van der Waals surface area contributed by atoms with E-state index in [-0.39, 0.29) is 29.9 Å². The third-order valence-corrected chi connectivity index (χ3v) is 3.48. The van der Waals surface area contributed by atoms with Crippen LogP contribution >= 0.6 is 35.3 Å². The molecule has 0 aliphatic heterocycles. The average molecular weight is 397 g/mol. The highest BCUT2D eigenvalue weighted by atomic mass is 127. The van der Waals surface area contributed by atoms with Crippen LogP contribution in [0.25, 0.3) is 0 Å². The van der Waals surface area contributed by atoms with Crippen molar-refractivity contribution in [2.45, 2.75) is 19.9 Å². The molecular formula is C12H20IN3O2S. The van der Waals surface area contributed by atoms with E-state index in [1.54, 1.807) is 18.4 Å². The Hall–Kier alpha value is -0.830. The summed E-state index contributed by atoms with van der Waals surface area (Å²) in [6, 6.07) is 2.09. The van der Waals surface area contributed by atoms with Gasteiger partial charge in [-0.15, -0.1) is 35.3 Å². The minimum absolute atomic E-state index is 0. The van der Waals surface area contributed by atoms with E-state index >= 15 is 0 Å². The lowest BCUT2D eigenvalue weighted by atomic mass is 10.3. The Kier molecular flexibility index (Phi) is 9.58. The molecule has 7 heteroatoms. The van der Waals surface area contributed by atoms with Crippen LogP contribution in [0.5, 0.6) is 0 Å². The van der Waals surface area contributed by atoms with E-state index in [9.17, 15) is 4.79 Å². The van der Waals surface area contributed by atoms with Crippen molar-refractivity contribution in [3.8, 4) is 0 Å². The van der Waals surface area contributed by atoms with Gasteiger partial charge in [0.1, 0.15) is 0 Å². The largest absolute Gasteiger partial charge is 0.469 e. The number of halogens is 1. The molecule has 0 saturated carbocycles. The molecule has 2 N–H and O–H groups in total. The van der Waals surface area contributed by atoms with Crippen molar-refractivity contribution in [3.63, 3.8) is 0 Å². The van der Waals surface area contributed by atoms with Crippen LogP contribution in [0.4, 0.5) is 0 Å². The van der Waals surface area contributed by atoms with Crippen molar-refractivity contribution < 1.29 is 9.53 Å². The lowest BCUT2D eigenvalue weighted by Crippen LogP contribution is -2.37. The van der Waals surface area contributed by atoms with E-state index in [0.717, 1.165) is 6.54 Å². The Morgan fingerprint density at radius 1 is 1.47 bits per heavy atom. The SMILES string of the molecule is CN=C(NCCC(=O)OC)NCc1sccc1C.I. The highest BCUT2D eigenvalue weighted by Crippen LogP contribution is 2.14. The number of nitrogens with one attached hydrogen (secondary N) is 2. The molecule has 0 bridgehead atoms. The number of esters is 1. The Morgan fingerprint density at radius 2 is 2.21 bits per heavy atom. The number of rotatable bonds is 5. The smallest absolute Gasteiger partial charge is 0.307 e. The zero-order valence-electron chi connectivity index (χ0n) is 11.4. The van der Waals surface area contributed by atoms with Crippen molar-refractivity contribution in [2.24, 2.45) is 4.99 Å². The van der Waals surface area contributed by atoms with E-state index in [1.807, 2.05) is 0 Å². The van der Waals surface area contributed by atoms with Gasteiger partial charge in [-0.2, -0.15) is 0 Å². The van der Waals surface area contributed by atoms with Crippen LogP contribution in [0.2, 0.25) is 0 Å². The van der Waals surface area contributed by atoms with Gasteiger partial charge in [0.25, 0.3) is 0 Å². The van der Waals surface area contributed by atoms with E-state index < -0.39 is 0 Å². The van der Waals surface area contributed by atoms with Gasteiger partial charge in [0.15, 0.2) is 5.96 Å². The van der Waals surface area contributed by atoms with E-state index in [4.69, 9.17) is 0 Å². The van der Waals surface area contributed by atoms with Crippen LogP contribution in [-0.4, -0.2) is 32.6 Å². The van der Waals surface area contributed by atoms with Crippen LogP contribution in [0.1, 0.15) is 16.9 Å². The molecule has 1 aromatic heterocycles. The van der Waals surface area contributed by atoms with Crippen LogP contribution in [0.3, 0.4) is 0 Å². The fourth-order valence-electron chi connectivity index (χ4n) is 1.35. The highest BCUT2D eigenvalue weighted by Gasteiger charge is 2.03. The predicted octanol–water partition coefficient (Wildman–Crippen LogP) is 1.90. The van der Waals surface area contributed by atoms with Crippen molar-refractivity contribution in [3.05, 3.63) is 21.9 Å². The molecule has 1 heterocycles. The zero-order chi connectivity index (χ0) is 13.4. The fraction of sp³-hybridized carbons (Fsp3) is 0.500. The van der Waals surface area contributed by atoms with Gasteiger partial charge >= 0.3 is 5.97 Å². The molecule has 1 aromatic rings. The third kappa shape index (κ3) is 6.76. The van der Waals surface area contributed by atoms with Gasteiger partial charge in [-0.1, -0.05) is 0 Å². The van der Waals surface area contributed by atoms with Gasteiger partial charge in [-0.25, -0.2) is 0 Å². The monoisotopic (exact) mass is 397 g/mol. The maximum Gasteiger partial charge on any atom is 0.307 e. The summed E-state index contributed by atoms with van der Waals surface area (Å²) in [6.07, 6.45) is 0.329. The summed E-state index contributed by atoms with van der Waals surface area (Å²) >= 11 is 1.71. The molecule has 19 heavy (non-hydrogen) atoms. The number of carbonyl (C=O) groups is 1. The Bertz CT molecular complexity index is 421. The molecule has 0 aromatic carbocycles. The first-order valence-electron chi connectivity index (χ1n) is 5.71. The molecule has 0 amide bonds. The van der Waals surface area contributed by atoms with Crippen molar-refractivity contribution in [1.29, 1.82) is 0 Å². The Balaban J connectivity index is 0.00000324. The van der Waals surface area contributed by atoms with Gasteiger partial charge < -0.3 is 15.4 Å². The van der Waals surface area contributed by atoms with Gasteiger partial charge in [0.05, 0.1) is 20.1 Å². The number of aliphatic imine (C=N–C) groups is 1. The number of nitrogens with zero attached hydrogens (tertiary/aromatic N) is 1. The summed E-state index contributed by atoms with van der Waals surface area (Å²) in [5.41, 5.74) is 1.28. The first-order chi connectivity index (χ1) is 8.67. The maximum atomic E-state index is 11.0. The summed E-state index contributed by atoms with van der Waals surface area (Å²) in [6.45, 7) is 3.33. The number of thiophene rings is 1. The summed E-state index contributed by atoms with van der Waals surface area (Å²) in [7, 11) is 3.09. The quantitative estimate of drug-likeness (QED) is 0.345. The molecule has 5 nitrogen and oxygen atoms in total. The zero-order valence-corrected chi connectivity index (χ0v) is 14.5. The topological polar surface area (TPSA) is 62.7 Å². The fourth-order valence-corrected chi connectivity index (χ4v) is 2.20. The van der Waals surface area contributed by atoms with Gasteiger partial charge in [-0.3, -0.25) is 9.79 Å². The molecule has 0 unspecified atom stereocenters. The van der Waals surface area contributed by atoms with E-state index in [0.29, 0.717) is 18.9 Å². The van der Waals surface area contributed by atoms with Crippen molar-refractivity contribution in [2.75, 3.05) is 20.7 Å². The second-order valence-corrected chi connectivity index (χ2v) is 4.71. The minimum Gasteiger partial charge on any atom is -0.469 e. The maximum absolute atomic E-state index is 11.0.